The summed E-state index contributed by atoms with van der Waals surface area (Å²) in [5.41, 5.74) is 5.26. The van der Waals surface area contributed by atoms with Crippen LogP contribution in [-0.4, -0.2) is 42.8 Å². The van der Waals surface area contributed by atoms with Crippen LogP contribution in [0.25, 0.3) is 0 Å². The lowest BCUT2D eigenvalue weighted by Gasteiger charge is -2.28. The number of hydrogen-bond acceptors (Lipinski definition) is 8. The largest absolute Gasteiger partial charge is 0.461 e. The highest BCUT2D eigenvalue weighted by atomic mass is 16.6. The van der Waals surface area contributed by atoms with Gasteiger partial charge in [0.1, 0.15) is 6.61 Å². The van der Waals surface area contributed by atoms with Crippen molar-refractivity contribution >= 4 is 35.4 Å². The number of benzene rings is 2. The summed E-state index contributed by atoms with van der Waals surface area (Å²) in [5.74, 6) is -1.24. The molecule has 2 aromatic rings. The van der Waals surface area contributed by atoms with E-state index in [-0.39, 0.29) is 12.5 Å². The lowest BCUT2D eigenvalue weighted by Crippen LogP contribution is -2.42. The van der Waals surface area contributed by atoms with Gasteiger partial charge in [0.25, 0.3) is 0 Å². The van der Waals surface area contributed by atoms with E-state index in [0.717, 1.165) is 5.69 Å². The number of rotatable bonds is 8. The van der Waals surface area contributed by atoms with Crippen LogP contribution in [0.2, 0.25) is 0 Å². The molecule has 0 aliphatic carbocycles. The van der Waals surface area contributed by atoms with E-state index in [9.17, 15) is 14.4 Å². The van der Waals surface area contributed by atoms with Crippen LogP contribution in [-0.2, 0) is 23.9 Å². The van der Waals surface area contributed by atoms with Crippen LogP contribution in [0.5, 0.6) is 0 Å². The van der Waals surface area contributed by atoms with Crippen LogP contribution < -0.4 is 15.4 Å². The van der Waals surface area contributed by atoms with Gasteiger partial charge in [0, 0.05) is 27.0 Å². The van der Waals surface area contributed by atoms with Crippen LogP contribution >= 0.6 is 0 Å². The molecule has 3 rings (SSSR count). The van der Waals surface area contributed by atoms with Gasteiger partial charge in [-0.2, -0.15) is 5.10 Å². The van der Waals surface area contributed by atoms with E-state index in [4.69, 9.17) is 9.47 Å². The third-order valence-corrected chi connectivity index (χ3v) is 4.62. The normalized spacial score (nSPS) is 16.3. The highest BCUT2D eigenvalue weighted by Crippen LogP contribution is 2.26. The van der Waals surface area contributed by atoms with Crippen LogP contribution in [0.1, 0.15) is 20.8 Å². The molecule has 9 heteroatoms. The smallest absolute Gasteiger partial charge is 0.303 e. The van der Waals surface area contributed by atoms with Crippen molar-refractivity contribution in [3.05, 3.63) is 72.4 Å². The van der Waals surface area contributed by atoms with E-state index >= 15 is 0 Å². The monoisotopic (exact) mass is 450 g/mol. The lowest BCUT2D eigenvalue weighted by atomic mass is 10.2. The SMILES string of the molecule is CC(=O)OCC(OC(C)=O)C1=CC(C=NN(C(C)=O)c2ccccc2)NN1c1ccccc1. The number of carbonyl (C=O) groups is 3. The van der Waals surface area contributed by atoms with Crippen molar-refractivity contribution in [3.8, 4) is 0 Å². The minimum absolute atomic E-state index is 0.140. The molecule has 1 aliphatic heterocycles. The van der Waals surface area contributed by atoms with Crippen molar-refractivity contribution < 1.29 is 23.9 Å². The fraction of sp³-hybridized carbons (Fsp3) is 0.250. The summed E-state index contributed by atoms with van der Waals surface area (Å²) in [6, 6.07) is 18.0. The molecule has 2 atom stereocenters. The Bertz CT molecular complexity index is 1040. The molecule has 2 aromatic carbocycles. The molecule has 0 aromatic heterocycles. The highest BCUT2D eigenvalue weighted by Gasteiger charge is 2.32. The molecular weight excluding hydrogens is 424 g/mol. The Morgan fingerprint density at radius 3 is 2.24 bits per heavy atom. The van der Waals surface area contributed by atoms with Gasteiger partial charge in [0.05, 0.1) is 23.1 Å². The predicted molar refractivity (Wildman–Crippen MR) is 124 cm³/mol. The molecule has 0 fully saturated rings. The van der Waals surface area contributed by atoms with Crippen LogP contribution in [0.4, 0.5) is 11.4 Å². The Hall–Kier alpha value is -3.98. The minimum Gasteiger partial charge on any atom is -0.461 e. The summed E-state index contributed by atoms with van der Waals surface area (Å²) in [5, 5.41) is 7.40. The Kier molecular flexibility index (Phi) is 7.93. The van der Waals surface area contributed by atoms with Crippen molar-refractivity contribution in [3.63, 3.8) is 0 Å². The van der Waals surface area contributed by atoms with Crippen LogP contribution in [0.3, 0.4) is 0 Å². The van der Waals surface area contributed by atoms with E-state index in [0.29, 0.717) is 11.4 Å². The summed E-state index contributed by atoms with van der Waals surface area (Å²) in [7, 11) is 0. The van der Waals surface area contributed by atoms with Crippen LogP contribution in [0, 0.1) is 0 Å². The summed E-state index contributed by atoms with van der Waals surface area (Å²) >= 11 is 0. The van der Waals surface area contributed by atoms with E-state index in [1.54, 1.807) is 29.4 Å². The topological polar surface area (TPSA) is 101 Å². The third kappa shape index (κ3) is 6.50. The molecule has 0 bridgehead atoms. The summed E-state index contributed by atoms with van der Waals surface area (Å²) in [6.45, 7) is 3.87. The van der Waals surface area contributed by atoms with Crippen LogP contribution in [0.15, 0.2) is 77.5 Å². The Morgan fingerprint density at radius 1 is 1.03 bits per heavy atom. The van der Waals surface area contributed by atoms with Crippen molar-refractivity contribution in [1.82, 2.24) is 5.43 Å². The number of hydrazone groups is 1. The molecule has 0 saturated heterocycles. The van der Waals surface area contributed by atoms with Gasteiger partial charge in [0.2, 0.25) is 5.91 Å². The number of hydrogen-bond donors (Lipinski definition) is 1. The number of carbonyl (C=O) groups excluding carboxylic acids is 3. The van der Waals surface area contributed by atoms with Gasteiger partial charge < -0.3 is 9.47 Å². The van der Waals surface area contributed by atoms with Crippen molar-refractivity contribution in [1.29, 1.82) is 0 Å². The quantitative estimate of drug-likeness (QED) is 0.375. The Morgan fingerprint density at radius 2 is 1.67 bits per heavy atom. The fourth-order valence-corrected chi connectivity index (χ4v) is 3.26. The highest BCUT2D eigenvalue weighted by molar-refractivity contribution is 5.92. The molecule has 1 amide bonds. The third-order valence-electron chi connectivity index (χ3n) is 4.62. The van der Waals surface area contributed by atoms with E-state index < -0.39 is 24.1 Å². The maximum atomic E-state index is 12.1. The number of ether oxygens (including phenoxy) is 2. The number of nitrogens with one attached hydrogen (secondary N) is 1. The second-order valence-electron chi connectivity index (χ2n) is 7.25. The zero-order valence-corrected chi connectivity index (χ0v) is 18.7. The molecule has 2 unspecified atom stereocenters. The summed E-state index contributed by atoms with van der Waals surface area (Å²) in [4.78, 5) is 35.2. The molecule has 9 nitrogen and oxygen atoms in total. The average Bonchev–Trinajstić information content (AvgIpc) is 3.22. The molecule has 0 saturated carbocycles. The van der Waals surface area contributed by atoms with Gasteiger partial charge >= 0.3 is 11.9 Å². The zero-order valence-electron chi connectivity index (χ0n) is 18.7. The molecule has 1 heterocycles. The van der Waals surface area contributed by atoms with E-state index in [2.05, 4.69) is 10.5 Å². The first kappa shape index (κ1) is 23.7. The van der Waals surface area contributed by atoms with Gasteiger partial charge in [-0.3, -0.25) is 19.4 Å². The second kappa shape index (κ2) is 11.1. The zero-order chi connectivity index (χ0) is 23.8. The number of nitrogens with zero attached hydrogens (tertiary/aromatic N) is 3. The molecule has 0 radical (unpaired) electrons. The van der Waals surface area contributed by atoms with Gasteiger partial charge in [-0.25, -0.2) is 10.4 Å². The predicted octanol–water partition coefficient (Wildman–Crippen LogP) is 2.80. The molecule has 1 N–H and O–H groups in total. The van der Waals surface area contributed by atoms with Gasteiger partial charge in [0.15, 0.2) is 6.10 Å². The number of esters is 2. The first-order chi connectivity index (χ1) is 15.8. The molecular formula is C24H26N4O5. The Balaban J connectivity index is 1.91. The molecule has 172 valence electrons. The minimum atomic E-state index is -0.837. The van der Waals surface area contributed by atoms with Gasteiger partial charge in [-0.05, 0) is 30.3 Å². The lowest BCUT2D eigenvalue weighted by molar-refractivity contribution is -0.154. The van der Waals surface area contributed by atoms with E-state index in [1.165, 1.54) is 25.8 Å². The average molecular weight is 450 g/mol. The van der Waals surface area contributed by atoms with E-state index in [1.807, 2.05) is 48.5 Å². The Labute approximate surface area is 192 Å². The standard InChI is InChI=1S/C24H26N4O5/c1-17(29)27(21-10-6-4-7-11-21)25-15-20-14-23(24(33-19(3)31)16-32-18(2)30)28(26-20)22-12-8-5-9-13-22/h4-15,20,24,26H,16H2,1-3H3. The molecule has 0 spiro atoms. The summed E-state index contributed by atoms with van der Waals surface area (Å²) in [6.07, 6.45) is 2.54. The van der Waals surface area contributed by atoms with Crippen molar-refractivity contribution in [2.45, 2.75) is 32.9 Å². The van der Waals surface area contributed by atoms with Crippen molar-refractivity contribution in [2.24, 2.45) is 5.10 Å². The number of para-hydroxylation sites is 2. The first-order valence-corrected chi connectivity index (χ1v) is 10.4. The summed E-state index contributed by atoms with van der Waals surface area (Å²) < 4.78 is 10.6. The maximum absolute atomic E-state index is 12.1. The number of hydrazine groups is 1. The molecule has 1 aliphatic rings. The fourth-order valence-electron chi connectivity index (χ4n) is 3.26. The first-order valence-electron chi connectivity index (χ1n) is 10.4. The van der Waals surface area contributed by atoms with Gasteiger partial charge in [-0.15, -0.1) is 0 Å². The second-order valence-corrected chi connectivity index (χ2v) is 7.25. The van der Waals surface area contributed by atoms with Gasteiger partial charge in [-0.1, -0.05) is 36.4 Å². The molecule has 33 heavy (non-hydrogen) atoms. The number of amides is 1. The maximum Gasteiger partial charge on any atom is 0.303 e. The van der Waals surface area contributed by atoms with Crippen molar-refractivity contribution in [2.75, 3.05) is 16.6 Å². The number of anilines is 2.